The molecule has 1 aromatic heterocycles. The Balaban J connectivity index is 1.30. The van der Waals surface area contributed by atoms with Crippen molar-refractivity contribution >= 4 is 22.8 Å². The summed E-state index contributed by atoms with van der Waals surface area (Å²) in [7, 11) is 0. The second-order valence-electron chi connectivity index (χ2n) is 7.70. The molecule has 2 N–H and O–H groups in total. The number of nitrogens with one attached hydrogen (secondary N) is 2. The number of benzene rings is 3. The van der Waals surface area contributed by atoms with Crippen molar-refractivity contribution in [1.29, 1.82) is 0 Å². The van der Waals surface area contributed by atoms with Crippen LogP contribution in [0.1, 0.15) is 27.0 Å². The summed E-state index contributed by atoms with van der Waals surface area (Å²) < 4.78 is 23.9. The van der Waals surface area contributed by atoms with Gasteiger partial charge in [0.2, 0.25) is 5.91 Å². The smallest absolute Gasteiger partial charge is 0.336 e. The quantitative estimate of drug-likeness (QED) is 0.337. The number of hydrazine groups is 1. The monoisotopic (exact) mass is 460 g/mol. The Hall–Kier alpha value is -4.46. The number of rotatable bonds is 6. The molecule has 0 radical (unpaired) electrons. The average Bonchev–Trinajstić information content (AvgIpc) is 2.82. The van der Waals surface area contributed by atoms with Crippen LogP contribution in [0.15, 0.2) is 82.0 Å². The molecule has 0 aliphatic carbocycles. The zero-order valence-corrected chi connectivity index (χ0v) is 18.3. The number of aryl methyl sites for hydroxylation is 1. The highest BCUT2D eigenvalue weighted by atomic mass is 19.1. The molecule has 0 bridgehead atoms. The van der Waals surface area contributed by atoms with Gasteiger partial charge in [0.25, 0.3) is 5.91 Å². The van der Waals surface area contributed by atoms with Crippen molar-refractivity contribution in [3.63, 3.8) is 0 Å². The van der Waals surface area contributed by atoms with E-state index in [-0.39, 0.29) is 18.8 Å². The van der Waals surface area contributed by atoms with E-state index in [2.05, 4.69) is 10.9 Å². The van der Waals surface area contributed by atoms with Crippen LogP contribution in [0.3, 0.4) is 0 Å². The van der Waals surface area contributed by atoms with Crippen molar-refractivity contribution in [2.45, 2.75) is 20.0 Å². The third-order valence-electron chi connectivity index (χ3n) is 5.14. The zero-order chi connectivity index (χ0) is 24.1. The van der Waals surface area contributed by atoms with Crippen molar-refractivity contribution in [3.05, 3.63) is 111 Å². The van der Waals surface area contributed by atoms with Crippen molar-refractivity contribution < 1.29 is 23.1 Å². The first kappa shape index (κ1) is 22.7. The molecule has 0 aliphatic heterocycles. The van der Waals surface area contributed by atoms with E-state index in [1.807, 2.05) is 13.0 Å². The Kier molecular flexibility index (Phi) is 6.68. The van der Waals surface area contributed by atoms with Crippen LogP contribution >= 0.6 is 0 Å². The molecule has 3 aromatic carbocycles. The molecule has 0 fully saturated rings. The van der Waals surface area contributed by atoms with Crippen LogP contribution in [0.25, 0.3) is 11.0 Å². The van der Waals surface area contributed by atoms with E-state index < -0.39 is 17.4 Å². The van der Waals surface area contributed by atoms with Gasteiger partial charge in [0.05, 0.1) is 6.42 Å². The lowest BCUT2D eigenvalue weighted by atomic mass is 10.1. The number of hydrogen-bond donors (Lipinski definition) is 2. The standard InChI is InChI=1S/C26H21FN2O5/c1-16-12-25(31)34-23-14-21(10-11-22(16)23)33-15-18-2-6-19(7-3-18)26(32)29-28-24(30)13-17-4-8-20(27)9-5-17/h2-12,14H,13,15H2,1H3,(H,28,30)(H,29,32). The first-order valence-corrected chi connectivity index (χ1v) is 10.5. The topological polar surface area (TPSA) is 97.6 Å². The molecule has 172 valence electrons. The van der Waals surface area contributed by atoms with Gasteiger partial charge in [-0.3, -0.25) is 20.4 Å². The van der Waals surface area contributed by atoms with Crippen LogP contribution in [-0.2, 0) is 17.8 Å². The van der Waals surface area contributed by atoms with E-state index in [9.17, 15) is 18.8 Å². The lowest BCUT2D eigenvalue weighted by Gasteiger charge is -2.10. The molecule has 2 amide bonds. The molecule has 0 atom stereocenters. The number of fused-ring (bicyclic) bond motifs is 1. The highest BCUT2D eigenvalue weighted by molar-refractivity contribution is 5.95. The predicted octanol–water partition coefficient (Wildman–Crippen LogP) is 3.82. The van der Waals surface area contributed by atoms with Gasteiger partial charge in [-0.25, -0.2) is 9.18 Å². The van der Waals surface area contributed by atoms with Gasteiger partial charge in [0.1, 0.15) is 23.8 Å². The van der Waals surface area contributed by atoms with Crippen LogP contribution in [0.4, 0.5) is 4.39 Å². The molecular formula is C26H21FN2O5. The minimum absolute atomic E-state index is 0.00852. The maximum Gasteiger partial charge on any atom is 0.336 e. The van der Waals surface area contributed by atoms with Crippen molar-refractivity contribution in [1.82, 2.24) is 10.9 Å². The molecule has 1 heterocycles. The first-order valence-electron chi connectivity index (χ1n) is 10.5. The molecule has 0 saturated heterocycles. The molecule has 0 saturated carbocycles. The van der Waals surface area contributed by atoms with Gasteiger partial charge in [-0.2, -0.15) is 0 Å². The number of ether oxygens (including phenoxy) is 1. The summed E-state index contributed by atoms with van der Waals surface area (Å²) in [5.41, 5.74) is 7.37. The summed E-state index contributed by atoms with van der Waals surface area (Å²) >= 11 is 0. The second kappa shape index (κ2) is 9.99. The van der Waals surface area contributed by atoms with E-state index in [0.29, 0.717) is 22.5 Å². The van der Waals surface area contributed by atoms with Crippen LogP contribution in [0.5, 0.6) is 5.75 Å². The van der Waals surface area contributed by atoms with Crippen LogP contribution < -0.4 is 21.2 Å². The molecule has 0 spiro atoms. The van der Waals surface area contributed by atoms with Crippen molar-refractivity contribution in [3.8, 4) is 5.75 Å². The van der Waals surface area contributed by atoms with E-state index in [1.54, 1.807) is 36.4 Å². The fourth-order valence-corrected chi connectivity index (χ4v) is 3.34. The Morgan fingerprint density at radius 2 is 1.62 bits per heavy atom. The van der Waals surface area contributed by atoms with Gasteiger partial charge < -0.3 is 9.15 Å². The fourth-order valence-electron chi connectivity index (χ4n) is 3.34. The fraction of sp³-hybridized carbons (Fsp3) is 0.115. The normalized spacial score (nSPS) is 10.6. The van der Waals surface area contributed by atoms with E-state index in [4.69, 9.17) is 9.15 Å². The Morgan fingerprint density at radius 1 is 0.912 bits per heavy atom. The summed E-state index contributed by atoms with van der Waals surface area (Å²) in [5.74, 6) is -0.731. The van der Waals surface area contributed by atoms with Gasteiger partial charge in [-0.15, -0.1) is 0 Å². The van der Waals surface area contributed by atoms with E-state index >= 15 is 0 Å². The average molecular weight is 460 g/mol. The van der Waals surface area contributed by atoms with E-state index in [0.717, 1.165) is 16.5 Å². The molecular weight excluding hydrogens is 439 g/mol. The lowest BCUT2D eigenvalue weighted by Crippen LogP contribution is -2.42. The van der Waals surface area contributed by atoms with Gasteiger partial charge >= 0.3 is 5.63 Å². The van der Waals surface area contributed by atoms with Gasteiger partial charge in [0.15, 0.2) is 0 Å². The molecule has 4 rings (SSSR count). The third kappa shape index (κ3) is 5.66. The maximum atomic E-state index is 12.9. The zero-order valence-electron chi connectivity index (χ0n) is 18.3. The van der Waals surface area contributed by atoms with Gasteiger partial charge in [-0.05, 0) is 60.0 Å². The maximum absolute atomic E-state index is 12.9. The van der Waals surface area contributed by atoms with E-state index in [1.165, 1.54) is 30.3 Å². The van der Waals surface area contributed by atoms with Crippen LogP contribution in [0, 0.1) is 12.7 Å². The number of carbonyl (C=O) groups is 2. The predicted molar refractivity (Wildman–Crippen MR) is 124 cm³/mol. The highest BCUT2D eigenvalue weighted by Gasteiger charge is 2.09. The van der Waals surface area contributed by atoms with Crippen molar-refractivity contribution in [2.75, 3.05) is 0 Å². The van der Waals surface area contributed by atoms with Crippen LogP contribution in [0.2, 0.25) is 0 Å². The van der Waals surface area contributed by atoms with Gasteiger partial charge in [-0.1, -0.05) is 24.3 Å². The minimum atomic E-state index is -0.472. The summed E-state index contributed by atoms with van der Waals surface area (Å²) in [6, 6.07) is 19.0. The Morgan fingerprint density at radius 3 is 2.35 bits per heavy atom. The SMILES string of the molecule is Cc1cc(=O)oc2cc(OCc3ccc(C(=O)NNC(=O)Cc4ccc(F)cc4)cc3)ccc12. The third-order valence-corrected chi connectivity index (χ3v) is 5.14. The van der Waals surface area contributed by atoms with Gasteiger partial charge in [0, 0.05) is 23.1 Å². The molecule has 4 aromatic rings. The minimum Gasteiger partial charge on any atom is -0.489 e. The number of halogens is 1. The largest absolute Gasteiger partial charge is 0.489 e. The van der Waals surface area contributed by atoms with Crippen molar-refractivity contribution in [2.24, 2.45) is 0 Å². The second-order valence-corrected chi connectivity index (χ2v) is 7.70. The first-order chi connectivity index (χ1) is 16.4. The summed E-state index contributed by atoms with van der Waals surface area (Å²) in [5, 5.41) is 0.840. The number of amides is 2. The highest BCUT2D eigenvalue weighted by Crippen LogP contribution is 2.23. The number of carbonyl (C=O) groups excluding carboxylic acids is 2. The lowest BCUT2D eigenvalue weighted by molar-refractivity contribution is -0.121. The molecule has 0 aliphatic rings. The molecule has 0 unspecified atom stereocenters. The molecule has 34 heavy (non-hydrogen) atoms. The summed E-state index contributed by atoms with van der Waals surface area (Å²) in [4.78, 5) is 35.8. The molecule has 7 nitrogen and oxygen atoms in total. The van der Waals surface area contributed by atoms with Crippen LogP contribution in [-0.4, -0.2) is 11.8 Å². The summed E-state index contributed by atoms with van der Waals surface area (Å²) in [6.07, 6.45) is 0.00852. The number of hydrogen-bond acceptors (Lipinski definition) is 5. The molecule has 8 heteroatoms. The summed E-state index contributed by atoms with van der Waals surface area (Å²) in [6.45, 7) is 2.09. The Labute approximate surface area is 194 Å². The Bertz CT molecular complexity index is 1400.